The van der Waals surface area contributed by atoms with E-state index in [4.69, 9.17) is 0 Å². The number of nitrogens with one attached hydrogen (secondary N) is 2. The number of guanidine groups is 1. The van der Waals surface area contributed by atoms with E-state index in [1.807, 2.05) is 6.92 Å². The van der Waals surface area contributed by atoms with Crippen molar-refractivity contribution in [2.24, 2.45) is 4.99 Å². The molecule has 0 aromatic heterocycles. The van der Waals surface area contributed by atoms with Crippen molar-refractivity contribution in [3.8, 4) is 0 Å². The number of aliphatic imine (C=N–C) groups is 1. The lowest BCUT2D eigenvalue weighted by Crippen LogP contribution is -2.46. The van der Waals surface area contributed by atoms with E-state index >= 15 is 0 Å². The molecule has 2 N–H and O–H groups in total. The van der Waals surface area contributed by atoms with Crippen LogP contribution in [0.25, 0.3) is 0 Å². The van der Waals surface area contributed by atoms with Crippen LogP contribution in [0.2, 0.25) is 0 Å². The molecule has 8 heteroatoms. The van der Waals surface area contributed by atoms with E-state index in [-0.39, 0.29) is 12.1 Å². The average molecular weight is 412 g/mol. The molecule has 1 aromatic rings. The minimum atomic E-state index is -4.15. The third-order valence-corrected chi connectivity index (χ3v) is 5.53. The number of hydrogen-bond donors (Lipinski definition) is 2. The van der Waals surface area contributed by atoms with Crippen LogP contribution >= 0.6 is 0 Å². The molecule has 0 saturated carbocycles. The number of halogens is 3. The molecule has 0 radical (unpaired) electrons. The molecule has 2 fully saturated rings. The highest BCUT2D eigenvalue weighted by molar-refractivity contribution is 5.80. The van der Waals surface area contributed by atoms with E-state index in [1.54, 1.807) is 0 Å². The van der Waals surface area contributed by atoms with Gasteiger partial charge in [-0.05, 0) is 50.8 Å². The first-order valence-electron chi connectivity index (χ1n) is 10.6. The summed E-state index contributed by atoms with van der Waals surface area (Å²) in [6.07, 6.45) is -0.994. The molecule has 0 amide bonds. The fraction of sp³-hybridized carbons (Fsp3) is 0.667. The fourth-order valence-electron chi connectivity index (χ4n) is 4.09. The molecule has 2 atom stereocenters. The maximum absolute atomic E-state index is 12.6. The zero-order chi connectivity index (χ0) is 20.9. The number of likely N-dealkylation sites (tertiary alicyclic amines) is 1. The predicted octanol–water partition coefficient (Wildman–Crippen LogP) is 3.54. The summed E-state index contributed by atoms with van der Waals surface area (Å²) in [7, 11) is 0. The van der Waals surface area contributed by atoms with Gasteiger partial charge in [0.25, 0.3) is 0 Å². The largest absolute Gasteiger partial charge is 0.401 e. The molecule has 2 aliphatic rings. The molecule has 5 nitrogen and oxygen atoms in total. The SMILES string of the molecule is CCN=C(NC1CCN(CC(F)(F)F)C1)NC(C)c1cccc(N2CCCC2)c1. The molecular formula is C21H32F3N5. The molecule has 0 bridgehead atoms. The van der Waals surface area contributed by atoms with Crippen molar-refractivity contribution in [1.82, 2.24) is 15.5 Å². The first-order chi connectivity index (χ1) is 13.8. The van der Waals surface area contributed by atoms with Crippen LogP contribution in [0.5, 0.6) is 0 Å². The molecule has 2 unspecified atom stereocenters. The summed E-state index contributed by atoms with van der Waals surface area (Å²) in [5.41, 5.74) is 2.42. The van der Waals surface area contributed by atoms with Crippen LogP contribution in [0.15, 0.2) is 29.3 Å². The Morgan fingerprint density at radius 1 is 1.24 bits per heavy atom. The van der Waals surface area contributed by atoms with Gasteiger partial charge in [-0.3, -0.25) is 9.89 Å². The molecule has 0 aliphatic carbocycles. The second-order valence-corrected chi connectivity index (χ2v) is 7.96. The molecule has 2 saturated heterocycles. The summed E-state index contributed by atoms with van der Waals surface area (Å²) in [5, 5.41) is 6.74. The van der Waals surface area contributed by atoms with Gasteiger partial charge in [-0.1, -0.05) is 12.1 Å². The lowest BCUT2D eigenvalue weighted by Gasteiger charge is -2.24. The monoisotopic (exact) mass is 411 g/mol. The van der Waals surface area contributed by atoms with Crippen molar-refractivity contribution >= 4 is 11.6 Å². The van der Waals surface area contributed by atoms with Gasteiger partial charge in [0.2, 0.25) is 0 Å². The highest BCUT2D eigenvalue weighted by Crippen LogP contribution is 2.24. The van der Waals surface area contributed by atoms with E-state index < -0.39 is 12.7 Å². The quantitative estimate of drug-likeness (QED) is 0.555. The first kappa shape index (κ1) is 21.7. The lowest BCUT2D eigenvalue weighted by atomic mass is 10.1. The zero-order valence-corrected chi connectivity index (χ0v) is 17.3. The van der Waals surface area contributed by atoms with Gasteiger partial charge in [-0.15, -0.1) is 0 Å². The van der Waals surface area contributed by atoms with Crippen LogP contribution < -0.4 is 15.5 Å². The molecule has 1 aromatic carbocycles. The van der Waals surface area contributed by atoms with Crippen molar-refractivity contribution in [3.63, 3.8) is 0 Å². The van der Waals surface area contributed by atoms with E-state index in [1.165, 1.54) is 29.0 Å². The molecule has 162 valence electrons. The second-order valence-electron chi connectivity index (χ2n) is 7.96. The number of hydrogen-bond acceptors (Lipinski definition) is 3. The highest BCUT2D eigenvalue weighted by Gasteiger charge is 2.34. The van der Waals surface area contributed by atoms with E-state index in [9.17, 15) is 13.2 Å². The Kier molecular flexibility index (Phi) is 7.27. The minimum absolute atomic E-state index is 0.0294. The van der Waals surface area contributed by atoms with Crippen LogP contribution in [-0.2, 0) is 0 Å². The van der Waals surface area contributed by atoms with Crippen molar-refractivity contribution in [1.29, 1.82) is 0 Å². The summed E-state index contributed by atoms with van der Waals surface area (Å²) >= 11 is 0. The third-order valence-electron chi connectivity index (χ3n) is 5.53. The van der Waals surface area contributed by atoms with Crippen LogP contribution in [0, 0.1) is 0 Å². The van der Waals surface area contributed by atoms with Gasteiger partial charge in [-0.2, -0.15) is 13.2 Å². The van der Waals surface area contributed by atoms with Crippen LogP contribution in [0.1, 0.15) is 44.7 Å². The Balaban J connectivity index is 1.58. The van der Waals surface area contributed by atoms with E-state index in [2.05, 4.69) is 51.7 Å². The summed E-state index contributed by atoms with van der Waals surface area (Å²) in [4.78, 5) is 8.35. The minimum Gasteiger partial charge on any atom is -0.372 e. The van der Waals surface area contributed by atoms with Gasteiger partial charge < -0.3 is 15.5 Å². The highest BCUT2D eigenvalue weighted by atomic mass is 19.4. The van der Waals surface area contributed by atoms with Gasteiger partial charge in [0.05, 0.1) is 12.6 Å². The Labute approximate surface area is 171 Å². The molecule has 2 heterocycles. The van der Waals surface area contributed by atoms with Crippen LogP contribution in [0.3, 0.4) is 0 Å². The number of anilines is 1. The third kappa shape index (κ3) is 6.52. The fourth-order valence-corrected chi connectivity index (χ4v) is 4.09. The average Bonchev–Trinajstić information content (AvgIpc) is 3.33. The van der Waals surface area contributed by atoms with Crippen molar-refractivity contribution in [2.75, 3.05) is 44.2 Å². The Morgan fingerprint density at radius 2 is 2.00 bits per heavy atom. The Morgan fingerprint density at radius 3 is 2.69 bits per heavy atom. The zero-order valence-electron chi connectivity index (χ0n) is 17.3. The van der Waals surface area contributed by atoms with Gasteiger partial charge in [0, 0.05) is 44.5 Å². The maximum Gasteiger partial charge on any atom is 0.401 e. The number of alkyl halides is 3. The molecule has 3 rings (SSSR count). The van der Waals surface area contributed by atoms with Crippen LogP contribution in [0.4, 0.5) is 18.9 Å². The molecule has 29 heavy (non-hydrogen) atoms. The predicted molar refractivity (Wildman–Crippen MR) is 111 cm³/mol. The van der Waals surface area contributed by atoms with E-state index in [0.717, 1.165) is 13.1 Å². The van der Waals surface area contributed by atoms with Gasteiger partial charge in [0.15, 0.2) is 5.96 Å². The molecule has 2 aliphatic heterocycles. The van der Waals surface area contributed by atoms with Gasteiger partial charge >= 0.3 is 6.18 Å². The topological polar surface area (TPSA) is 42.9 Å². The lowest BCUT2D eigenvalue weighted by molar-refractivity contribution is -0.143. The second kappa shape index (κ2) is 9.69. The Hall–Kier alpha value is -1.96. The van der Waals surface area contributed by atoms with Gasteiger partial charge in [-0.25, -0.2) is 0 Å². The van der Waals surface area contributed by atoms with Crippen molar-refractivity contribution in [3.05, 3.63) is 29.8 Å². The number of nitrogens with zero attached hydrogens (tertiary/aromatic N) is 3. The summed E-state index contributed by atoms with van der Waals surface area (Å²) < 4.78 is 37.9. The van der Waals surface area contributed by atoms with Crippen molar-refractivity contribution in [2.45, 2.75) is 51.4 Å². The first-order valence-corrected chi connectivity index (χ1v) is 10.6. The summed E-state index contributed by atoms with van der Waals surface area (Å²) in [5.74, 6) is 0.658. The summed E-state index contributed by atoms with van der Waals surface area (Å²) in [6.45, 7) is 6.82. The van der Waals surface area contributed by atoms with E-state index in [0.29, 0.717) is 32.0 Å². The maximum atomic E-state index is 12.6. The normalized spacial score (nSPS) is 22.2. The van der Waals surface area contributed by atoms with Crippen molar-refractivity contribution < 1.29 is 13.2 Å². The summed E-state index contributed by atoms with van der Waals surface area (Å²) in [6, 6.07) is 8.56. The number of rotatable bonds is 6. The standard InChI is InChI=1S/C21H32F3N5/c1-3-25-20(27-18-9-12-28(14-18)15-21(22,23)24)26-16(2)17-7-6-8-19(13-17)29-10-4-5-11-29/h6-8,13,16,18H,3-5,9-12,14-15H2,1-2H3,(H2,25,26,27). The molecular weight excluding hydrogens is 379 g/mol. The Bertz CT molecular complexity index is 685. The smallest absolute Gasteiger partial charge is 0.372 e. The van der Waals surface area contributed by atoms with Crippen LogP contribution in [-0.4, -0.2) is 62.3 Å². The van der Waals surface area contributed by atoms with Gasteiger partial charge in [0.1, 0.15) is 0 Å². The number of benzene rings is 1. The molecule has 0 spiro atoms.